The lowest BCUT2D eigenvalue weighted by Gasteiger charge is -2.31. The molecule has 7 heteroatoms. The maximum absolute atomic E-state index is 6.14. The molecule has 3 N–H and O–H groups in total. The van der Waals surface area contributed by atoms with E-state index in [2.05, 4.69) is 44.1 Å². The minimum absolute atomic E-state index is 0. The first kappa shape index (κ1) is 18.7. The van der Waals surface area contributed by atoms with Gasteiger partial charge in [-0.05, 0) is 37.3 Å². The number of aliphatic imine (C=N–C) groups is 1. The first-order valence-corrected chi connectivity index (χ1v) is 8.15. The maximum Gasteiger partial charge on any atom is 0.191 e. The molecule has 0 unspecified atom stereocenters. The van der Waals surface area contributed by atoms with Gasteiger partial charge >= 0.3 is 0 Å². The van der Waals surface area contributed by atoms with E-state index in [1.165, 1.54) is 12.8 Å². The lowest BCUT2D eigenvalue weighted by molar-refractivity contribution is 0.277. The van der Waals surface area contributed by atoms with E-state index in [0.717, 1.165) is 36.0 Å². The summed E-state index contributed by atoms with van der Waals surface area (Å²) in [6.07, 6.45) is 2.38. The number of likely N-dealkylation sites (tertiary alicyclic amines) is 1. The largest absolute Gasteiger partial charge is 0.370 e. The smallest absolute Gasteiger partial charge is 0.191 e. The number of hydrogen-bond donors (Lipinski definition) is 2. The van der Waals surface area contributed by atoms with Crippen molar-refractivity contribution < 1.29 is 0 Å². The Morgan fingerprint density at radius 2 is 2.12 bits per heavy atom. The van der Waals surface area contributed by atoms with Crippen LogP contribution in [0, 0.1) is 12.8 Å². The van der Waals surface area contributed by atoms with E-state index in [0.29, 0.717) is 18.3 Å². The van der Waals surface area contributed by atoms with Crippen LogP contribution in [0.4, 0.5) is 0 Å². The molecule has 0 bridgehead atoms. The number of guanidine groups is 1. The zero-order chi connectivity index (χ0) is 16.2. The lowest BCUT2D eigenvalue weighted by Crippen LogP contribution is -2.42. The second-order valence-corrected chi connectivity index (χ2v) is 6.29. The average Bonchev–Trinajstić information content (AvgIpc) is 3.00. The molecule has 1 saturated heterocycles. The van der Waals surface area contributed by atoms with E-state index in [9.17, 15) is 0 Å². The molecule has 1 aliphatic heterocycles. The van der Waals surface area contributed by atoms with Crippen molar-refractivity contribution in [3.8, 4) is 11.4 Å². The molecule has 0 radical (unpaired) electrons. The van der Waals surface area contributed by atoms with Crippen LogP contribution >= 0.6 is 24.0 Å². The van der Waals surface area contributed by atoms with E-state index in [1.807, 2.05) is 19.1 Å². The zero-order valence-corrected chi connectivity index (χ0v) is 16.5. The maximum atomic E-state index is 6.14. The number of aromatic amines is 1. The highest BCUT2D eigenvalue weighted by molar-refractivity contribution is 14.0. The fourth-order valence-electron chi connectivity index (χ4n) is 2.79. The van der Waals surface area contributed by atoms with Gasteiger partial charge < -0.3 is 10.6 Å². The van der Waals surface area contributed by atoms with Gasteiger partial charge in [-0.3, -0.25) is 5.10 Å². The van der Waals surface area contributed by atoms with Gasteiger partial charge in [0.15, 0.2) is 11.8 Å². The third-order valence-electron chi connectivity index (χ3n) is 4.31. The number of nitrogens with zero attached hydrogens (tertiary/aromatic N) is 4. The molecule has 130 valence electrons. The summed E-state index contributed by atoms with van der Waals surface area (Å²) in [5.74, 6) is 2.97. The molecule has 2 heterocycles. The Balaban J connectivity index is 0.00000208. The van der Waals surface area contributed by atoms with Crippen molar-refractivity contribution in [3.05, 3.63) is 35.7 Å². The molecule has 24 heavy (non-hydrogen) atoms. The summed E-state index contributed by atoms with van der Waals surface area (Å²) >= 11 is 0. The molecular weight excluding hydrogens is 415 g/mol. The monoisotopic (exact) mass is 440 g/mol. The molecule has 0 spiro atoms. The van der Waals surface area contributed by atoms with Gasteiger partial charge in [0.25, 0.3) is 0 Å². The number of nitrogens with one attached hydrogen (secondary N) is 1. The summed E-state index contributed by atoms with van der Waals surface area (Å²) < 4.78 is 0. The third-order valence-corrected chi connectivity index (χ3v) is 4.31. The van der Waals surface area contributed by atoms with Crippen LogP contribution in [0.2, 0.25) is 0 Å². The highest BCUT2D eigenvalue weighted by Crippen LogP contribution is 2.18. The summed E-state index contributed by atoms with van der Waals surface area (Å²) in [4.78, 5) is 11.1. The Morgan fingerprint density at radius 3 is 2.79 bits per heavy atom. The van der Waals surface area contributed by atoms with Crippen LogP contribution < -0.4 is 5.73 Å². The molecule has 1 fully saturated rings. The number of halogens is 1. The summed E-state index contributed by atoms with van der Waals surface area (Å²) in [6, 6.07) is 8.13. The van der Waals surface area contributed by atoms with Gasteiger partial charge in [0.1, 0.15) is 5.82 Å². The van der Waals surface area contributed by atoms with Crippen molar-refractivity contribution in [2.75, 3.05) is 13.1 Å². The zero-order valence-electron chi connectivity index (χ0n) is 14.2. The highest BCUT2D eigenvalue weighted by Gasteiger charge is 2.16. The van der Waals surface area contributed by atoms with Gasteiger partial charge in [-0.2, -0.15) is 5.10 Å². The van der Waals surface area contributed by atoms with E-state index < -0.39 is 0 Å². The van der Waals surface area contributed by atoms with Crippen LogP contribution in [0.5, 0.6) is 0 Å². The second kappa shape index (κ2) is 8.46. The lowest BCUT2D eigenvalue weighted by atomic mass is 10.00. The topological polar surface area (TPSA) is 83.2 Å². The van der Waals surface area contributed by atoms with Crippen LogP contribution in [0.1, 0.15) is 31.2 Å². The molecule has 3 rings (SSSR count). The second-order valence-electron chi connectivity index (χ2n) is 6.29. The van der Waals surface area contributed by atoms with E-state index in [4.69, 9.17) is 5.73 Å². The van der Waals surface area contributed by atoms with Crippen molar-refractivity contribution in [2.24, 2.45) is 16.6 Å². The molecule has 1 aromatic heterocycles. The van der Waals surface area contributed by atoms with E-state index >= 15 is 0 Å². The van der Waals surface area contributed by atoms with Crippen LogP contribution in [0.15, 0.2) is 29.3 Å². The Morgan fingerprint density at radius 1 is 1.38 bits per heavy atom. The normalized spacial score (nSPS) is 16.1. The predicted molar refractivity (Wildman–Crippen MR) is 107 cm³/mol. The van der Waals surface area contributed by atoms with Gasteiger partial charge in [0, 0.05) is 18.7 Å². The number of hydrogen-bond acceptors (Lipinski definition) is 3. The Bertz CT molecular complexity index is 688. The van der Waals surface area contributed by atoms with Crippen molar-refractivity contribution >= 4 is 29.9 Å². The average molecular weight is 440 g/mol. The summed E-state index contributed by atoms with van der Waals surface area (Å²) in [6.45, 7) is 6.78. The predicted octanol–water partition coefficient (Wildman–Crippen LogP) is 2.94. The molecule has 0 atom stereocenters. The van der Waals surface area contributed by atoms with E-state index in [-0.39, 0.29) is 24.0 Å². The van der Waals surface area contributed by atoms with Crippen molar-refractivity contribution in [1.82, 2.24) is 20.1 Å². The number of rotatable bonds is 3. The van der Waals surface area contributed by atoms with Crippen molar-refractivity contribution in [2.45, 2.75) is 33.2 Å². The highest BCUT2D eigenvalue weighted by atomic mass is 127. The van der Waals surface area contributed by atoms with Crippen LogP contribution in [-0.2, 0) is 6.54 Å². The molecule has 0 saturated carbocycles. The fourth-order valence-corrected chi connectivity index (χ4v) is 2.79. The van der Waals surface area contributed by atoms with Crippen LogP contribution in [0.3, 0.4) is 0 Å². The summed E-state index contributed by atoms with van der Waals surface area (Å²) in [5.41, 5.74) is 8.24. The number of piperidine rings is 1. The van der Waals surface area contributed by atoms with Gasteiger partial charge in [-0.1, -0.05) is 25.1 Å². The quantitative estimate of drug-likeness (QED) is 0.437. The molecule has 1 aliphatic rings. The Hall–Kier alpha value is -1.64. The molecule has 0 amide bonds. The van der Waals surface area contributed by atoms with Crippen LogP contribution in [0.25, 0.3) is 11.4 Å². The number of aromatic nitrogens is 3. The number of benzene rings is 1. The molecule has 1 aromatic carbocycles. The molecular formula is C17H25IN6. The van der Waals surface area contributed by atoms with Gasteiger partial charge in [0.05, 0.1) is 6.54 Å². The molecule has 2 aromatic rings. The Kier molecular flexibility index (Phi) is 6.59. The van der Waals surface area contributed by atoms with Gasteiger partial charge in [0.2, 0.25) is 0 Å². The van der Waals surface area contributed by atoms with Crippen molar-refractivity contribution in [1.29, 1.82) is 0 Å². The van der Waals surface area contributed by atoms with Crippen LogP contribution in [-0.4, -0.2) is 39.1 Å². The fraction of sp³-hybridized carbons (Fsp3) is 0.471. The molecule has 6 nitrogen and oxygen atoms in total. The van der Waals surface area contributed by atoms with Crippen molar-refractivity contribution in [3.63, 3.8) is 0 Å². The molecule has 0 aliphatic carbocycles. The number of H-pyrrole nitrogens is 1. The number of nitrogens with two attached hydrogens (primary N) is 1. The Labute approximate surface area is 160 Å². The third kappa shape index (κ3) is 4.68. The SMILES string of the molecule is Cc1nc(-c2cccc(CN=C(N)N3CCC(C)CC3)c2)n[nH]1.I. The minimum atomic E-state index is 0. The number of aryl methyl sites for hydroxylation is 1. The minimum Gasteiger partial charge on any atom is -0.370 e. The summed E-state index contributed by atoms with van der Waals surface area (Å²) in [5, 5.41) is 7.07. The summed E-state index contributed by atoms with van der Waals surface area (Å²) in [7, 11) is 0. The first-order chi connectivity index (χ1) is 11.1. The van der Waals surface area contributed by atoms with E-state index in [1.54, 1.807) is 0 Å². The first-order valence-electron chi connectivity index (χ1n) is 8.15. The van der Waals surface area contributed by atoms with Gasteiger partial charge in [-0.15, -0.1) is 24.0 Å². The van der Waals surface area contributed by atoms with Gasteiger partial charge in [-0.25, -0.2) is 9.98 Å². The standard InChI is InChI=1S/C17H24N6.HI/c1-12-6-8-23(9-7-12)17(18)19-11-14-4-3-5-15(10-14)16-20-13(2)21-22-16;/h3-5,10,12H,6-9,11H2,1-2H3,(H2,18,19)(H,20,21,22);1H.